The van der Waals surface area contributed by atoms with Gasteiger partial charge in [-0.3, -0.25) is 10.00 Å². The highest BCUT2D eigenvalue weighted by molar-refractivity contribution is 5.63. The van der Waals surface area contributed by atoms with E-state index in [2.05, 4.69) is 51.5 Å². The number of methoxy groups -OCH3 is 1. The number of hydrogen-bond acceptors (Lipinski definition) is 4. The number of ether oxygens (including phenoxy) is 1. The van der Waals surface area contributed by atoms with Gasteiger partial charge in [0.2, 0.25) is 0 Å². The summed E-state index contributed by atoms with van der Waals surface area (Å²) >= 11 is 0. The number of nitrogens with two attached hydrogens (primary N) is 1. The van der Waals surface area contributed by atoms with Gasteiger partial charge in [-0.1, -0.05) is 30.3 Å². The van der Waals surface area contributed by atoms with Crippen molar-refractivity contribution >= 4 is 0 Å². The first-order valence-electron chi connectivity index (χ1n) is 8.94. The largest absolute Gasteiger partial charge is 0.497 e. The Kier molecular flexibility index (Phi) is 4.73. The first-order valence-corrected chi connectivity index (χ1v) is 8.94. The normalized spacial score (nSPS) is 20.4. The number of benzene rings is 2. The Hall–Kier alpha value is -2.63. The van der Waals surface area contributed by atoms with Crippen LogP contribution in [0.4, 0.5) is 0 Å². The van der Waals surface area contributed by atoms with Crippen LogP contribution in [0.2, 0.25) is 0 Å². The van der Waals surface area contributed by atoms with Crippen molar-refractivity contribution in [3.8, 4) is 17.0 Å². The SMILES string of the molecule is COc1ccc(-c2[nH]ncc2CN2C[C@@H](N)[C@H](c3ccccc3)C2)cc1. The molecule has 2 aromatic carbocycles. The van der Waals surface area contributed by atoms with E-state index in [0.29, 0.717) is 5.92 Å². The van der Waals surface area contributed by atoms with Crippen molar-refractivity contribution in [1.29, 1.82) is 0 Å². The van der Waals surface area contributed by atoms with E-state index < -0.39 is 0 Å². The number of hydrogen-bond donors (Lipinski definition) is 2. The smallest absolute Gasteiger partial charge is 0.118 e. The monoisotopic (exact) mass is 348 g/mol. The van der Waals surface area contributed by atoms with Gasteiger partial charge in [0, 0.05) is 42.7 Å². The Morgan fingerprint density at radius 1 is 1.12 bits per heavy atom. The summed E-state index contributed by atoms with van der Waals surface area (Å²) in [6.07, 6.45) is 1.92. The van der Waals surface area contributed by atoms with Crippen LogP contribution in [0.15, 0.2) is 60.8 Å². The fourth-order valence-corrected chi connectivity index (χ4v) is 3.77. The second-order valence-corrected chi connectivity index (χ2v) is 6.87. The van der Waals surface area contributed by atoms with Crippen molar-refractivity contribution in [2.45, 2.75) is 18.5 Å². The molecular formula is C21H24N4O. The molecule has 0 aliphatic carbocycles. The third-order valence-corrected chi connectivity index (χ3v) is 5.16. The summed E-state index contributed by atoms with van der Waals surface area (Å²) in [5, 5.41) is 7.40. The van der Waals surface area contributed by atoms with Gasteiger partial charge in [0.15, 0.2) is 0 Å². The molecule has 1 aliphatic heterocycles. The number of H-pyrrole nitrogens is 1. The van der Waals surface area contributed by atoms with E-state index in [1.54, 1.807) is 7.11 Å². The fourth-order valence-electron chi connectivity index (χ4n) is 3.77. The number of aromatic amines is 1. The second-order valence-electron chi connectivity index (χ2n) is 6.87. The predicted molar refractivity (Wildman–Crippen MR) is 103 cm³/mol. The number of rotatable bonds is 5. The Balaban J connectivity index is 1.49. The lowest BCUT2D eigenvalue weighted by atomic mass is 9.95. The van der Waals surface area contributed by atoms with E-state index in [1.165, 1.54) is 11.1 Å². The lowest BCUT2D eigenvalue weighted by Gasteiger charge is -2.16. The van der Waals surface area contributed by atoms with Crippen LogP contribution in [0.5, 0.6) is 5.75 Å². The van der Waals surface area contributed by atoms with Gasteiger partial charge in [-0.2, -0.15) is 5.10 Å². The Bertz CT molecular complexity index is 844. The minimum absolute atomic E-state index is 0.161. The third kappa shape index (κ3) is 3.36. The third-order valence-electron chi connectivity index (χ3n) is 5.16. The van der Waals surface area contributed by atoms with E-state index in [0.717, 1.165) is 36.6 Å². The lowest BCUT2D eigenvalue weighted by Crippen LogP contribution is -2.28. The van der Waals surface area contributed by atoms with E-state index in [4.69, 9.17) is 10.5 Å². The molecule has 2 atom stereocenters. The molecule has 0 amide bonds. The van der Waals surface area contributed by atoms with Crippen molar-refractivity contribution in [2.24, 2.45) is 5.73 Å². The molecule has 0 saturated carbocycles. The van der Waals surface area contributed by atoms with Gasteiger partial charge in [-0.05, 0) is 29.8 Å². The number of likely N-dealkylation sites (tertiary alicyclic amines) is 1. The maximum absolute atomic E-state index is 6.43. The molecule has 0 spiro atoms. The van der Waals surface area contributed by atoms with Crippen molar-refractivity contribution in [2.75, 3.05) is 20.2 Å². The molecule has 5 heteroatoms. The maximum Gasteiger partial charge on any atom is 0.118 e. The molecule has 5 nitrogen and oxygen atoms in total. The molecule has 0 radical (unpaired) electrons. The van der Waals surface area contributed by atoms with Crippen molar-refractivity contribution < 1.29 is 4.74 Å². The molecule has 26 heavy (non-hydrogen) atoms. The fraction of sp³-hybridized carbons (Fsp3) is 0.286. The molecule has 2 heterocycles. The van der Waals surface area contributed by atoms with Crippen LogP contribution in [0.25, 0.3) is 11.3 Å². The zero-order chi connectivity index (χ0) is 17.9. The van der Waals surface area contributed by atoms with Gasteiger partial charge in [-0.15, -0.1) is 0 Å². The summed E-state index contributed by atoms with van der Waals surface area (Å²) in [5.41, 5.74) is 11.1. The molecule has 1 fully saturated rings. The Labute approximate surface area is 153 Å². The van der Waals surface area contributed by atoms with E-state index >= 15 is 0 Å². The van der Waals surface area contributed by atoms with Gasteiger partial charge in [0.05, 0.1) is 19.0 Å². The first-order chi connectivity index (χ1) is 12.7. The molecule has 4 rings (SSSR count). The highest BCUT2D eigenvalue weighted by atomic mass is 16.5. The van der Waals surface area contributed by atoms with Crippen LogP contribution in [0, 0.1) is 0 Å². The van der Waals surface area contributed by atoms with Crippen LogP contribution in [0.3, 0.4) is 0 Å². The summed E-state index contributed by atoms with van der Waals surface area (Å²) in [4.78, 5) is 2.42. The Morgan fingerprint density at radius 3 is 2.62 bits per heavy atom. The van der Waals surface area contributed by atoms with Gasteiger partial charge in [-0.25, -0.2) is 0 Å². The molecule has 1 saturated heterocycles. The van der Waals surface area contributed by atoms with Gasteiger partial charge >= 0.3 is 0 Å². The summed E-state index contributed by atoms with van der Waals surface area (Å²) in [6.45, 7) is 2.71. The average Bonchev–Trinajstić information content (AvgIpc) is 3.29. The minimum Gasteiger partial charge on any atom is -0.497 e. The number of nitrogens with zero attached hydrogens (tertiary/aromatic N) is 2. The standard InChI is InChI=1S/C21H24N4O/c1-26-18-9-7-16(8-10-18)21-17(11-23-24-21)12-25-13-19(20(22)14-25)15-5-3-2-4-6-15/h2-11,19-20H,12-14,22H2,1H3,(H,23,24)/t19-,20+/m0/s1. The molecule has 0 unspecified atom stereocenters. The second kappa shape index (κ2) is 7.32. The molecule has 3 N–H and O–H groups in total. The molecule has 1 aromatic heterocycles. The van der Waals surface area contributed by atoms with E-state index in [1.807, 2.05) is 24.4 Å². The van der Waals surface area contributed by atoms with Crippen LogP contribution >= 0.6 is 0 Å². The molecule has 134 valence electrons. The Morgan fingerprint density at radius 2 is 1.88 bits per heavy atom. The minimum atomic E-state index is 0.161. The zero-order valence-corrected chi connectivity index (χ0v) is 14.9. The van der Waals surface area contributed by atoms with Crippen LogP contribution in [0.1, 0.15) is 17.0 Å². The topological polar surface area (TPSA) is 67.2 Å². The zero-order valence-electron chi connectivity index (χ0n) is 14.9. The number of aromatic nitrogens is 2. The maximum atomic E-state index is 6.43. The van der Waals surface area contributed by atoms with Crippen molar-refractivity contribution in [1.82, 2.24) is 15.1 Å². The van der Waals surface area contributed by atoms with E-state index in [9.17, 15) is 0 Å². The highest BCUT2D eigenvalue weighted by Crippen LogP contribution is 2.30. The van der Waals surface area contributed by atoms with E-state index in [-0.39, 0.29) is 6.04 Å². The van der Waals surface area contributed by atoms with Crippen molar-refractivity contribution in [3.05, 3.63) is 71.9 Å². The van der Waals surface area contributed by atoms with Gasteiger partial charge < -0.3 is 10.5 Å². The quantitative estimate of drug-likeness (QED) is 0.744. The van der Waals surface area contributed by atoms with Crippen molar-refractivity contribution in [3.63, 3.8) is 0 Å². The van der Waals surface area contributed by atoms with Crippen LogP contribution in [-0.2, 0) is 6.54 Å². The van der Waals surface area contributed by atoms with Gasteiger partial charge in [0.1, 0.15) is 5.75 Å². The summed E-state index contributed by atoms with van der Waals surface area (Å²) in [6, 6.07) is 18.8. The molecular weight excluding hydrogens is 324 g/mol. The predicted octanol–water partition coefficient (Wildman–Crippen LogP) is 3.01. The van der Waals surface area contributed by atoms with Crippen LogP contribution in [-0.4, -0.2) is 41.3 Å². The summed E-state index contributed by atoms with van der Waals surface area (Å²) in [7, 11) is 1.68. The highest BCUT2D eigenvalue weighted by Gasteiger charge is 2.31. The average molecular weight is 348 g/mol. The summed E-state index contributed by atoms with van der Waals surface area (Å²) in [5.74, 6) is 1.23. The van der Waals surface area contributed by atoms with Gasteiger partial charge in [0.25, 0.3) is 0 Å². The molecule has 0 bridgehead atoms. The number of nitrogens with one attached hydrogen (secondary N) is 1. The lowest BCUT2D eigenvalue weighted by molar-refractivity contribution is 0.324. The summed E-state index contributed by atoms with van der Waals surface area (Å²) < 4.78 is 5.24. The molecule has 3 aromatic rings. The molecule has 1 aliphatic rings. The first kappa shape index (κ1) is 16.8. The van der Waals surface area contributed by atoms with Crippen LogP contribution < -0.4 is 10.5 Å².